The zero-order valence-electron chi connectivity index (χ0n) is 14.9. The Balaban J connectivity index is 0.00000576. The third-order valence-corrected chi connectivity index (χ3v) is 5.09. The minimum atomic E-state index is -3.71. The number of carbonyl (C=O) groups is 1. The van der Waals surface area contributed by atoms with Crippen molar-refractivity contribution in [1.82, 2.24) is 14.9 Å². The lowest BCUT2D eigenvalue weighted by Crippen LogP contribution is -2.33. The van der Waals surface area contributed by atoms with Crippen LogP contribution >= 0.6 is 12.4 Å². The summed E-state index contributed by atoms with van der Waals surface area (Å²) < 4.78 is 35.8. The van der Waals surface area contributed by atoms with Crippen LogP contribution in [0.2, 0.25) is 0 Å². The molecule has 0 unspecified atom stereocenters. The highest BCUT2D eigenvalue weighted by Gasteiger charge is 2.23. The monoisotopic (exact) mass is 395 g/mol. The largest absolute Gasteiger partial charge is 0.495 e. The maximum Gasteiger partial charge on any atom is 0.251 e. The fourth-order valence-electron chi connectivity index (χ4n) is 1.88. The summed E-state index contributed by atoms with van der Waals surface area (Å²) in [6.45, 7) is 2.30. The van der Waals surface area contributed by atoms with E-state index in [0.29, 0.717) is 26.2 Å². The number of carbonyl (C=O) groups excluding carboxylic acids is 1. The molecule has 0 spiro atoms. The molecule has 0 atom stereocenters. The van der Waals surface area contributed by atoms with Gasteiger partial charge in [0.25, 0.3) is 5.91 Å². The van der Waals surface area contributed by atoms with Crippen molar-refractivity contribution in [2.75, 3.05) is 54.6 Å². The lowest BCUT2D eigenvalue weighted by atomic mass is 10.2. The summed E-state index contributed by atoms with van der Waals surface area (Å²) in [6, 6.07) is 4.32. The van der Waals surface area contributed by atoms with Crippen molar-refractivity contribution in [3.8, 4) is 5.75 Å². The molecule has 0 heterocycles. The Morgan fingerprint density at radius 3 is 2.40 bits per heavy atom. The van der Waals surface area contributed by atoms with Crippen LogP contribution in [0, 0.1) is 0 Å². The van der Waals surface area contributed by atoms with Crippen LogP contribution < -0.4 is 15.4 Å². The average molecular weight is 396 g/mol. The molecule has 1 rings (SSSR count). The van der Waals surface area contributed by atoms with Crippen LogP contribution in [-0.2, 0) is 14.8 Å². The third kappa shape index (κ3) is 6.79. The van der Waals surface area contributed by atoms with E-state index < -0.39 is 10.0 Å². The van der Waals surface area contributed by atoms with E-state index in [1.54, 1.807) is 7.11 Å². The normalized spacial score (nSPS) is 11.1. The molecule has 8 nitrogen and oxygen atoms in total. The van der Waals surface area contributed by atoms with Gasteiger partial charge in [-0.25, -0.2) is 12.7 Å². The van der Waals surface area contributed by atoms with Crippen LogP contribution in [0.15, 0.2) is 23.1 Å². The second kappa shape index (κ2) is 11.3. The topological polar surface area (TPSA) is 97.0 Å². The number of rotatable bonds is 10. The van der Waals surface area contributed by atoms with Gasteiger partial charge >= 0.3 is 0 Å². The number of benzene rings is 1. The van der Waals surface area contributed by atoms with E-state index in [1.807, 2.05) is 0 Å². The highest BCUT2D eigenvalue weighted by molar-refractivity contribution is 7.89. The molecule has 0 aliphatic carbocycles. The van der Waals surface area contributed by atoms with Gasteiger partial charge in [-0.05, 0) is 18.2 Å². The fraction of sp³-hybridized carbons (Fsp3) is 0.533. The van der Waals surface area contributed by atoms with Gasteiger partial charge in [0.2, 0.25) is 10.0 Å². The number of hydrogen-bond donors (Lipinski definition) is 2. The molecule has 0 aliphatic heterocycles. The molecule has 144 valence electrons. The van der Waals surface area contributed by atoms with E-state index in [1.165, 1.54) is 39.4 Å². The van der Waals surface area contributed by atoms with E-state index in [-0.39, 0.29) is 34.5 Å². The molecule has 0 radical (unpaired) electrons. The summed E-state index contributed by atoms with van der Waals surface area (Å²) >= 11 is 0. The first-order chi connectivity index (χ1) is 11.3. The summed E-state index contributed by atoms with van der Waals surface area (Å²) in [5.74, 6) is -0.150. The van der Waals surface area contributed by atoms with Gasteiger partial charge in [0.15, 0.2) is 0 Å². The summed E-state index contributed by atoms with van der Waals surface area (Å²) in [4.78, 5) is 12.1. The zero-order chi connectivity index (χ0) is 18.2. The molecule has 2 N–H and O–H groups in total. The van der Waals surface area contributed by atoms with Crippen molar-refractivity contribution in [2.24, 2.45) is 0 Å². The Kier molecular flexibility index (Phi) is 10.6. The second-order valence-electron chi connectivity index (χ2n) is 5.15. The highest BCUT2D eigenvalue weighted by Crippen LogP contribution is 2.26. The lowest BCUT2D eigenvalue weighted by molar-refractivity contribution is 0.0953. The van der Waals surface area contributed by atoms with Gasteiger partial charge in [-0.3, -0.25) is 4.79 Å². The molecular formula is C15H26ClN3O5S. The first kappa shape index (κ1) is 23.6. The summed E-state index contributed by atoms with van der Waals surface area (Å²) in [6.07, 6.45) is 0. The number of hydrogen-bond acceptors (Lipinski definition) is 6. The second-order valence-corrected chi connectivity index (χ2v) is 7.27. The van der Waals surface area contributed by atoms with Gasteiger partial charge in [-0.15, -0.1) is 12.4 Å². The van der Waals surface area contributed by atoms with Crippen LogP contribution in [0.25, 0.3) is 0 Å². The Bertz CT molecular complexity index is 653. The Morgan fingerprint density at radius 1 is 1.16 bits per heavy atom. The van der Waals surface area contributed by atoms with Crippen LogP contribution in [0.1, 0.15) is 10.4 Å². The SMILES string of the molecule is COCCNCCNC(=O)c1ccc(OC)c(S(=O)(=O)N(C)C)c1.Cl. The van der Waals surface area contributed by atoms with Gasteiger partial charge in [-0.1, -0.05) is 0 Å². The van der Waals surface area contributed by atoms with Crippen LogP contribution in [0.3, 0.4) is 0 Å². The smallest absolute Gasteiger partial charge is 0.251 e. The Hall–Kier alpha value is -1.39. The number of methoxy groups -OCH3 is 2. The van der Waals surface area contributed by atoms with Crippen molar-refractivity contribution in [3.63, 3.8) is 0 Å². The summed E-state index contributed by atoms with van der Waals surface area (Å²) in [5.41, 5.74) is 0.258. The molecule has 0 saturated carbocycles. The first-order valence-corrected chi connectivity index (χ1v) is 8.87. The molecular weight excluding hydrogens is 370 g/mol. The van der Waals surface area contributed by atoms with Crippen molar-refractivity contribution in [3.05, 3.63) is 23.8 Å². The molecule has 0 bridgehead atoms. The number of nitrogens with zero attached hydrogens (tertiary/aromatic N) is 1. The number of ether oxygens (including phenoxy) is 2. The van der Waals surface area contributed by atoms with Crippen LogP contribution in [-0.4, -0.2) is 73.2 Å². The van der Waals surface area contributed by atoms with Crippen molar-refractivity contribution < 1.29 is 22.7 Å². The molecule has 10 heteroatoms. The maximum atomic E-state index is 12.3. The van der Waals surface area contributed by atoms with E-state index in [0.717, 1.165) is 4.31 Å². The van der Waals surface area contributed by atoms with Crippen LogP contribution in [0.4, 0.5) is 0 Å². The van der Waals surface area contributed by atoms with E-state index in [9.17, 15) is 13.2 Å². The van der Waals surface area contributed by atoms with Gasteiger partial charge in [0.05, 0.1) is 13.7 Å². The number of sulfonamides is 1. The van der Waals surface area contributed by atoms with Crippen LogP contribution in [0.5, 0.6) is 5.75 Å². The molecule has 0 aromatic heterocycles. The maximum absolute atomic E-state index is 12.3. The Labute approximate surface area is 155 Å². The quantitative estimate of drug-likeness (QED) is 0.554. The van der Waals surface area contributed by atoms with Crippen molar-refractivity contribution >= 4 is 28.3 Å². The number of amides is 1. The molecule has 0 aliphatic rings. The summed E-state index contributed by atoms with van der Waals surface area (Å²) in [7, 11) is 2.14. The minimum absolute atomic E-state index is 0. The van der Waals surface area contributed by atoms with E-state index >= 15 is 0 Å². The van der Waals surface area contributed by atoms with Gasteiger partial charge in [0.1, 0.15) is 10.6 Å². The van der Waals surface area contributed by atoms with Crippen molar-refractivity contribution in [1.29, 1.82) is 0 Å². The van der Waals surface area contributed by atoms with Gasteiger partial charge < -0.3 is 20.1 Å². The third-order valence-electron chi connectivity index (χ3n) is 3.25. The predicted octanol–water partition coefficient (Wildman–Crippen LogP) is 0.333. The molecule has 0 fully saturated rings. The van der Waals surface area contributed by atoms with Gasteiger partial charge in [0, 0.05) is 46.4 Å². The van der Waals surface area contributed by atoms with Gasteiger partial charge in [-0.2, -0.15) is 0 Å². The predicted molar refractivity (Wildman–Crippen MR) is 98.2 cm³/mol. The minimum Gasteiger partial charge on any atom is -0.495 e. The highest BCUT2D eigenvalue weighted by atomic mass is 35.5. The van der Waals surface area contributed by atoms with E-state index in [4.69, 9.17) is 9.47 Å². The Morgan fingerprint density at radius 2 is 1.84 bits per heavy atom. The molecule has 0 saturated heterocycles. The van der Waals surface area contributed by atoms with E-state index in [2.05, 4.69) is 10.6 Å². The van der Waals surface area contributed by atoms with Crippen molar-refractivity contribution in [2.45, 2.75) is 4.90 Å². The molecule has 1 aromatic carbocycles. The molecule has 25 heavy (non-hydrogen) atoms. The first-order valence-electron chi connectivity index (χ1n) is 7.43. The number of nitrogens with one attached hydrogen (secondary N) is 2. The molecule has 1 aromatic rings. The fourth-order valence-corrected chi connectivity index (χ4v) is 2.96. The number of halogens is 1. The summed E-state index contributed by atoms with van der Waals surface area (Å²) in [5, 5.41) is 5.83. The lowest BCUT2D eigenvalue weighted by Gasteiger charge is -2.15. The standard InChI is InChI=1S/C15H25N3O5S.ClH/c1-18(2)24(20,21)14-11-12(5-6-13(14)23-4)15(19)17-8-7-16-9-10-22-3;/h5-6,11,16H,7-10H2,1-4H3,(H,17,19);1H. The zero-order valence-corrected chi connectivity index (χ0v) is 16.5. The average Bonchev–Trinajstić information content (AvgIpc) is 2.56. The molecule has 1 amide bonds.